The van der Waals surface area contributed by atoms with E-state index in [1.165, 1.54) is 11.1 Å². The Kier molecular flexibility index (Phi) is 6.90. The van der Waals surface area contributed by atoms with Gasteiger partial charge in [0.1, 0.15) is 3.92 Å². The summed E-state index contributed by atoms with van der Waals surface area (Å²) < 4.78 is -0.318. The van der Waals surface area contributed by atoms with Gasteiger partial charge in [0.25, 0.3) is 0 Å². The number of benzene rings is 2. The number of carbonyl (C=O) groups is 1. The van der Waals surface area contributed by atoms with Crippen LogP contribution in [-0.4, -0.2) is 15.0 Å². The molecule has 2 nitrogen and oxygen atoms in total. The number of hydrogen-bond donors (Lipinski definition) is 1. The van der Waals surface area contributed by atoms with Crippen molar-refractivity contribution in [3.05, 3.63) is 71.8 Å². The first-order valence-corrected chi connectivity index (χ1v) is 8.84. The summed E-state index contributed by atoms with van der Waals surface area (Å²) in [7, 11) is 0. The van der Waals surface area contributed by atoms with E-state index in [9.17, 15) is 9.90 Å². The molecule has 1 N–H and O–H groups in total. The average molecular weight is 408 g/mol. The van der Waals surface area contributed by atoms with E-state index < -0.39 is 5.97 Å². The van der Waals surface area contributed by atoms with Gasteiger partial charge in [0, 0.05) is 0 Å². The van der Waals surface area contributed by atoms with Gasteiger partial charge in [-0.2, -0.15) is 0 Å². The van der Waals surface area contributed by atoms with Gasteiger partial charge in [0.05, 0.1) is 0 Å². The van der Waals surface area contributed by atoms with Crippen molar-refractivity contribution in [2.45, 2.75) is 29.6 Å². The van der Waals surface area contributed by atoms with Crippen molar-refractivity contribution < 1.29 is 9.90 Å². The Morgan fingerprint density at radius 1 is 0.955 bits per heavy atom. The van der Waals surface area contributed by atoms with Crippen LogP contribution >= 0.6 is 22.6 Å². The van der Waals surface area contributed by atoms with Crippen molar-refractivity contribution in [1.82, 2.24) is 0 Å². The Balaban J connectivity index is 1.99. The van der Waals surface area contributed by atoms with Crippen LogP contribution in [0.5, 0.6) is 0 Å². The molecule has 2 aromatic rings. The summed E-state index contributed by atoms with van der Waals surface area (Å²) in [6.07, 6.45) is 3.69. The SMILES string of the molecule is O=C(O)C(I)CC(CCc1ccccc1)Cc1ccccc1. The van der Waals surface area contributed by atoms with Crippen molar-refractivity contribution in [3.63, 3.8) is 0 Å². The first-order valence-electron chi connectivity index (χ1n) is 7.60. The van der Waals surface area contributed by atoms with Crippen molar-refractivity contribution in [1.29, 1.82) is 0 Å². The Bertz CT molecular complexity index is 569. The third-order valence-corrected chi connectivity index (χ3v) is 4.90. The normalized spacial score (nSPS) is 13.5. The summed E-state index contributed by atoms with van der Waals surface area (Å²) in [5, 5.41) is 9.17. The van der Waals surface area contributed by atoms with E-state index in [4.69, 9.17) is 0 Å². The molecule has 116 valence electrons. The van der Waals surface area contributed by atoms with Crippen molar-refractivity contribution in [2.75, 3.05) is 0 Å². The molecule has 0 amide bonds. The molecule has 2 unspecified atom stereocenters. The number of alkyl halides is 1. The minimum absolute atomic E-state index is 0.318. The zero-order chi connectivity index (χ0) is 15.8. The number of carboxylic acids is 1. The van der Waals surface area contributed by atoms with E-state index in [0.29, 0.717) is 5.92 Å². The Morgan fingerprint density at radius 3 is 2.05 bits per heavy atom. The smallest absolute Gasteiger partial charge is 0.316 e. The zero-order valence-electron chi connectivity index (χ0n) is 12.5. The molecular weight excluding hydrogens is 387 g/mol. The molecule has 3 heteroatoms. The molecule has 0 aromatic heterocycles. The predicted molar refractivity (Wildman–Crippen MR) is 98.5 cm³/mol. The molecule has 2 atom stereocenters. The lowest BCUT2D eigenvalue weighted by molar-refractivity contribution is -0.136. The van der Waals surface area contributed by atoms with Gasteiger partial charge in [-0.1, -0.05) is 83.3 Å². The van der Waals surface area contributed by atoms with Crippen LogP contribution in [0.1, 0.15) is 24.0 Å². The highest BCUT2D eigenvalue weighted by atomic mass is 127. The molecule has 0 spiro atoms. The van der Waals surface area contributed by atoms with E-state index >= 15 is 0 Å². The molecule has 0 fully saturated rings. The Morgan fingerprint density at radius 2 is 1.50 bits per heavy atom. The summed E-state index contributed by atoms with van der Waals surface area (Å²) in [5.74, 6) is -0.320. The minimum atomic E-state index is -0.710. The number of halogens is 1. The molecule has 2 rings (SSSR count). The number of hydrogen-bond acceptors (Lipinski definition) is 1. The van der Waals surface area contributed by atoms with Crippen molar-refractivity contribution in [2.24, 2.45) is 5.92 Å². The second kappa shape index (κ2) is 8.93. The first-order chi connectivity index (χ1) is 10.6. The lowest BCUT2D eigenvalue weighted by atomic mass is 9.89. The highest BCUT2D eigenvalue weighted by Crippen LogP contribution is 2.23. The third-order valence-electron chi connectivity index (χ3n) is 3.86. The number of aliphatic carboxylic acids is 1. The van der Waals surface area contributed by atoms with Crippen LogP contribution in [0.25, 0.3) is 0 Å². The van der Waals surface area contributed by atoms with Gasteiger partial charge >= 0.3 is 5.97 Å². The van der Waals surface area contributed by atoms with Crippen LogP contribution in [-0.2, 0) is 17.6 Å². The van der Waals surface area contributed by atoms with E-state index in [1.54, 1.807) is 0 Å². The number of aryl methyl sites for hydroxylation is 1. The molecule has 0 aliphatic rings. The van der Waals surface area contributed by atoms with Crippen LogP contribution in [0.3, 0.4) is 0 Å². The first kappa shape index (κ1) is 17.0. The fourth-order valence-electron chi connectivity index (χ4n) is 2.66. The van der Waals surface area contributed by atoms with E-state index in [2.05, 4.69) is 36.4 Å². The van der Waals surface area contributed by atoms with Gasteiger partial charge in [-0.05, 0) is 42.7 Å². The third kappa shape index (κ3) is 5.79. The maximum atomic E-state index is 11.2. The molecule has 0 radical (unpaired) electrons. The standard InChI is InChI=1S/C19H21IO2/c20-18(19(21)22)14-17(13-16-9-5-2-6-10-16)12-11-15-7-3-1-4-8-15/h1-10,17-18H,11-14H2,(H,21,22). The molecular formula is C19H21IO2. The van der Waals surface area contributed by atoms with Crippen LogP contribution in [0.4, 0.5) is 0 Å². The lowest BCUT2D eigenvalue weighted by Gasteiger charge is -2.18. The number of rotatable bonds is 8. The monoisotopic (exact) mass is 408 g/mol. The summed E-state index contributed by atoms with van der Waals surface area (Å²) in [6.45, 7) is 0. The molecule has 0 bridgehead atoms. The van der Waals surface area contributed by atoms with Gasteiger partial charge in [-0.25, -0.2) is 0 Å². The van der Waals surface area contributed by atoms with Gasteiger partial charge in [0.15, 0.2) is 0 Å². The predicted octanol–water partition coefficient (Wildman–Crippen LogP) is 4.76. The van der Waals surface area contributed by atoms with Crippen molar-refractivity contribution in [3.8, 4) is 0 Å². The summed E-state index contributed by atoms with van der Waals surface area (Å²) >= 11 is 2.04. The Hall–Kier alpha value is -1.36. The second-order valence-electron chi connectivity index (χ2n) is 5.62. The molecule has 0 heterocycles. The molecule has 2 aromatic carbocycles. The molecule has 0 aliphatic carbocycles. The van der Waals surface area contributed by atoms with Crippen LogP contribution in [0.15, 0.2) is 60.7 Å². The van der Waals surface area contributed by atoms with E-state index in [0.717, 1.165) is 25.7 Å². The highest BCUT2D eigenvalue weighted by Gasteiger charge is 2.20. The molecule has 0 aliphatic heterocycles. The molecule has 22 heavy (non-hydrogen) atoms. The van der Waals surface area contributed by atoms with Crippen LogP contribution in [0.2, 0.25) is 0 Å². The van der Waals surface area contributed by atoms with E-state index in [-0.39, 0.29) is 3.92 Å². The minimum Gasteiger partial charge on any atom is -0.480 e. The van der Waals surface area contributed by atoms with Gasteiger partial charge in [0.2, 0.25) is 0 Å². The highest BCUT2D eigenvalue weighted by molar-refractivity contribution is 14.1. The molecule has 0 saturated heterocycles. The van der Waals surface area contributed by atoms with E-state index in [1.807, 2.05) is 46.9 Å². The maximum Gasteiger partial charge on any atom is 0.316 e. The van der Waals surface area contributed by atoms with Gasteiger partial charge in [-0.3, -0.25) is 4.79 Å². The summed E-state index contributed by atoms with van der Waals surface area (Å²) in [4.78, 5) is 11.2. The van der Waals surface area contributed by atoms with Crippen LogP contribution < -0.4 is 0 Å². The van der Waals surface area contributed by atoms with Crippen LogP contribution in [0, 0.1) is 5.92 Å². The summed E-state index contributed by atoms with van der Waals surface area (Å²) in [5.41, 5.74) is 2.61. The maximum absolute atomic E-state index is 11.2. The fourth-order valence-corrected chi connectivity index (χ4v) is 3.38. The fraction of sp³-hybridized carbons (Fsp3) is 0.316. The second-order valence-corrected chi connectivity index (χ2v) is 7.13. The largest absolute Gasteiger partial charge is 0.480 e. The Labute approximate surface area is 145 Å². The number of carboxylic acid groups (broad SMARTS) is 1. The molecule has 0 saturated carbocycles. The van der Waals surface area contributed by atoms with Crippen molar-refractivity contribution >= 4 is 28.6 Å². The average Bonchev–Trinajstić information content (AvgIpc) is 2.54. The zero-order valence-corrected chi connectivity index (χ0v) is 14.6. The quantitative estimate of drug-likeness (QED) is 0.506. The van der Waals surface area contributed by atoms with Gasteiger partial charge in [-0.15, -0.1) is 0 Å². The lowest BCUT2D eigenvalue weighted by Crippen LogP contribution is -2.19. The van der Waals surface area contributed by atoms with Gasteiger partial charge < -0.3 is 5.11 Å². The topological polar surface area (TPSA) is 37.3 Å². The summed E-state index contributed by atoms with van der Waals surface area (Å²) in [6, 6.07) is 20.8.